The number of rotatable bonds is 14. The van der Waals surface area contributed by atoms with Crippen LogP contribution in [0.3, 0.4) is 0 Å². The standard InChI is InChI=1S/C28H36F2N4O8/c1-18(2)17-40-27(39)33-21-14-15-34(26(38)32-21)25-28(29,30)24(20(16-35)41-25)42-23(37)13-9-4-3-8-12-22(36)31-19-10-6-5-7-11-19/h5-7,10-11,14-15,18,20,24-25,35H,3-4,8-9,12-13,16-17H2,1-2H3,(H,31,36)(H,32,33,38,39)/t20-,24-,25-/m1/s1. The molecule has 2 amide bonds. The summed E-state index contributed by atoms with van der Waals surface area (Å²) in [6.45, 7) is 2.90. The molecule has 1 aromatic carbocycles. The molecule has 3 rings (SSSR count). The van der Waals surface area contributed by atoms with Gasteiger partial charge in [0.25, 0.3) is 0 Å². The molecule has 2 heterocycles. The summed E-state index contributed by atoms with van der Waals surface area (Å²) in [5, 5.41) is 14.6. The SMILES string of the molecule is CC(C)COC(=O)Nc1ccn([C@@H]2O[C@H](CO)[C@@H](OC(=O)CCCCCCC(=O)Nc3ccccc3)C2(F)F)c(=O)n1. The van der Waals surface area contributed by atoms with Gasteiger partial charge in [-0.15, -0.1) is 0 Å². The lowest BCUT2D eigenvalue weighted by molar-refractivity contribution is -0.176. The summed E-state index contributed by atoms with van der Waals surface area (Å²) >= 11 is 0. The second kappa shape index (κ2) is 15.4. The van der Waals surface area contributed by atoms with Crippen LogP contribution in [0, 0.1) is 5.92 Å². The van der Waals surface area contributed by atoms with E-state index >= 15 is 8.78 Å². The number of nitrogens with zero attached hydrogens (tertiary/aromatic N) is 2. The Morgan fingerprint density at radius 2 is 1.76 bits per heavy atom. The minimum Gasteiger partial charge on any atom is -0.453 e. The van der Waals surface area contributed by atoms with Gasteiger partial charge in [-0.25, -0.2) is 9.59 Å². The highest BCUT2D eigenvalue weighted by Crippen LogP contribution is 2.44. The third kappa shape index (κ3) is 9.31. The number of carbonyl (C=O) groups is 3. The van der Waals surface area contributed by atoms with E-state index in [1.54, 1.807) is 12.1 Å². The number of unbranched alkanes of at least 4 members (excludes halogenated alkanes) is 3. The molecule has 230 valence electrons. The van der Waals surface area contributed by atoms with Crippen molar-refractivity contribution in [2.45, 2.75) is 76.7 Å². The maximum atomic E-state index is 15.3. The largest absolute Gasteiger partial charge is 0.453 e. The predicted molar refractivity (Wildman–Crippen MR) is 147 cm³/mol. The van der Waals surface area contributed by atoms with Crippen molar-refractivity contribution >= 4 is 29.5 Å². The van der Waals surface area contributed by atoms with Gasteiger partial charge in [0.05, 0.1) is 13.2 Å². The Morgan fingerprint density at radius 3 is 2.40 bits per heavy atom. The number of para-hydroxylation sites is 1. The first-order valence-electron chi connectivity index (χ1n) is 13.7. The molecule has 0 unspecified atom stereocenters. The lowest BCUT2D eigenvalue weighted by atomic mass is 10.1. The minimum atomic E-state index is -3.88. The first-order chi connectivity index (χ1) is 20.0. The summed E-state index contributed by atoms with van der Waals surface area (Å²) in [7, 11) is 0. The van der Waals surface area contributed by atoms with E-state index in [0.717, 1.165) is 12.3 Å². The second-order valence-electron chi connectivity index (χ2n) is 10.2. The number of amides is 2. The highest BCUT2D eigenvalue weighted by atomic mass is 19.3. The van der Waals surface area contributed by atoms with Crippen molar-refractivity contribution in [1.29, 1.82) is 0 Å². The van der Waals surface area contributed by atoms with Gasteiger partial charge in [-0.1, -0.05) is 44.9 Å². The van der Waals surface area contributed by atoms with Crippen LogP contribution in [0.1, 0.15) is 58.6 Å². The molecule has 1 aliphatic heterocycles. The molecule has 1 saturated heterocycles. The van der Waals surface area contributed by atoms with Gasteiger partial charge in [0, 0.05) is 24.7 Å². The molecular formula is C28H36F2N4O8. The van der Waals surface area contributed by atoms with Crippen LogP contribution in [0.25, 0.3) is 0 Å². The number of hydrogen-bond donors (Lipinski definition) is 3. The summed E-state index contributed by atoms with van der Waals surface area (Å²) in [5.74, 6) is -5.06. The normalized spacial score (nSPS) is 19.3. The summed E-state index contributed by atoms with van der Waals surface area (Å²) in [6.07, 6.45) is -3.54. The number of carbonyl (C=O) groups excluding carboxylic acids is 3. The average Bonchev–Trinajstić information content (AvgIpc) is 3.19. The van der Waals surface area contributed by atoms with Crippen molar-refractivity contribution in [3.8, 4) is 0 Å². The zero-order valence-corrected chi connectivity index (χ0v) is 23.5. The lowest BCUT2D eigenvalue weighted by Crippen LogP contribution is -2.44. The maximum absolute atomic E-state index is 15.3. The van der Waals surface area contributed by atoms with Crippen LogP contribution in [-0.4, -0.2) is 64.0 Å². The number of esters is 1. The number of anilines is 2. The first kappa shape index (κ1) is 32.6. The van der Waals surface area contributed by atoms with Crippen molar-refractivity contribution in [2.75, 3.05) is 23.8 Å². The van der Waals surface area contributed by atoms with Gasteiger partial charge in [0.1, 0.15) is 11.9 Å². The van der Waals surface area contributed by atoms with Gasteiger partial charge in [-0.05, 0) is 37.0 Å². The number of hydrogen-bond acceptors (Lipinski definition) is 9. The molecule has 1 fully saturated rings. The quantitative estimate of drug-likeness (QED) is 0.218. The molecule has 1 aliphatic rings. The average molecular weight is 595 g/mol. The van der Waals surface area contributed by atoms with Gasteiger partial charge in [-0.2, -0.15) is 13.8 Å². The van der Waals surface area contributed by atoms with Crippen molar-refractivity contribution < 1.29 is 42.5 Å². The van der Waals surface area contributed by atoms with Gasteiger partial charge in [0.15, 0.2) is 6.10 Å². The molecule has 0 aliphatic carbocycles. The molecule has 2 aromatic rings. The van der Waals surface area contributed by atoms with Gasteiger partial charge in [0.2, 0.25) is 12.1 Å². The number of benzene rings is 1. The lowest BCUT2D eigenvalue weighted by Gasteiger charge is -2.24. The van der Waals surface area contributed by atoms with Crippen molar-refractivity contribution in [3.05, 3.63) is 53.1 Å². The summed E-state index contributed by atoms with van der Waals surface area (Å²) in [5.41, 5.74) is -0.460. The highest BCUT2D eigenvalue weighted by Gasteiger charge is 2.62. The smallest absolute Gasteiger partial charge is 0.412 e. The number of ether oxygens (including phenoxy) is 3. The first-order valence-corrected chi connectivity index (χ1v) is 13.7. The zero-order chi connectivity index (χ0) is 30.7. The fourth-order valence-electron chi connectivity index (χ4n) is 4.16. The van der Waals surface area contributed by atoms with Crippen molar-refractivity contribution in [2.24, 2.45) is 5.92 Å². The number of nitrogens with one attached hydrogen (secondary N) is 2. The number of aliphatic hydroxyl groups excluding tert-OH is 1. The molecule has 42 heavy (non-hydrogen) atoms. The Kier molecular flexibility index (Phi) is 11.9. The van der Waals surface area contributed by atoms with Crippen LogP contribution in [-0.2, 0) is 23.8 Å². The molecule has 0 radical (unpaired) electrons. The predicted octanol–water partition coefficient (Wildman–Crippen LogP) is 3.86. The van der Waals surface area contributed by atoms with Crippen LogP contribution in [0.5, 0.6) is 0 Å². The van der Waals surface area contributed by atoms with E-state index in [-0.39, 0.29) is 30.7 Å². The Morgan fingerprint density at radius 1 is 1.07 bits per heavy atom. The third-order valence-electron chi connectivity index (χ3n) is 6.24. The summed E-state index contributed by atoms with van der Waals surface area (Å²) in [6, 6.07) is 10.1. The second-order valence-corrected chi connectivity index (χ2v) is 10.2. The fraction of sp³-hybridized carbons (Fsp3) is 0.536. The molecule has 0 bridgehead atoms. The Balaban J connectivity index is 1.47. The molecule has 0 saturated carbocycles. The molecule has 14 heteroatoms. The topological polar surface area (TPSA) is 158 Å². The number of alkyl halides is 2. The van der Waals surface area contributed by atoms with Crippen molar-refractivity contribution in [1.82, 2.24) is 9.55 Å². The van der Waals surface area contributed by atoms with E-state index in [2.05, 4.69) is 15.6 Å². The fourth-order valence-corrected chi connectivity index (χ4v) is 4.16. The van der Waals surface area contributed by atoms with Crippen LogP contribution in [0.2, 0.25) is 0 Å². The Bertz CT molecular complexity index is 1260. The van der Waals surface area contributed by atoms with Crippen LogP contribution < -0.4 is 16.3 Å². The molecule has 12 nitrogen and oxygen atoms in total. The molecule has 1 aromatic heterocycles. The van der Waals surface area contributed by atoms with Crippen LogP contribution in [0.4, 0.5) is 25.1 Å². The van der Waals surface area contributed by atoms with E-state index in [1.807, 2.05) is 32.0 Å². The van der Waals surface area contributed by atoms with Crippen LogP contribution >= 0.6 is 0 Å². The number of aromatic nitrogens is 2. The van der Waals surface area contributed by atoms with E-state index in [9.17, 15) is 24.3 Å². The molecule has 0 spiro atoms. The summed E-state index contributed by atoms with van der Waals surface area (Å²) < 4.78 is 46.3. The van der Waals surface area contributed by atoms with E-state index in [4.69, 9.17) is 14.2 Å². The van der Waals surface area contributed by atoms with Crippen LogP contribution in [0.15, 0.2) is 47.4 Å². The van der Waals surface area contributed by atoms with E-state index in [1.165, 1.54) is 0 Å². The molecule has 3 N–H and O–H groups in total. The van der Waals surface area contributed by atoms with Gasteiger partial charge in [-0.3, -0.25) is 19.5 Å². The number of halogens is 2. The maximum Gasteiger partial charge on any atom is 0.412 e. The summed E-state index contributed by atoms with van der Waals surface area (Å²) in [4.78, 5) is 52.2. The Labute approximate surface area is 241 Å². The third-order valence-corrected chi connectivity index (χ3v) is 6.24. The zero-order valence-electron chi connectivity index (χ0n) is 23.5. The molecular weight excluding hydrogens is 558 g/mol. The van der Waals surface area contributed by atoms with E-state index in [0.29, 0.717) is 42.4 Å². The van der Waals surface area contributed by atoms with Gasteiger partial charge < -0.3 is 24.6 Å². The minimum absolute atomic E-state index is 0.0741. The highest BCUT2D eigenvalue weighted by molar-refractivity contribution is 5.90. The molecule has 3 atom stereocenters. The monoisotopic (exact) mass is 594 g/mol. The van der Waals surface area contributed by atoms with Crippen molar-refractivity contribution in [3.63, 3.8) is 0 Å². The van der Waals surface area contributed by atoms with Gasteiger partial charge >= 0.3 is 23.7 Å². The number of aliphatic hydroxyl groups is 1. The Hall–Kier alpha value is -3.91. The van der Waals surface area contributed by atoms with E-state index < -0.39 is 48.7 Å².